The lowest BCUT2D eigenvalue weighted by atomic mass is 10.1. The highest BCUT2D eigenvalue weighted by Crippen LogP contribution is 2.29. The number of hydrogen-bond acceptors (Lipinski definition) is 1. The number of aliphatic imine (C=N–C) groups is 1. The first-order valence-corrected chi connectivity index (χ1v) is 3.84. The van der Waals surface area contributed by atoms with E-state index in [-0.39, 0.29) is 0 Å². The van der Waals surface area contributed by atoms with E-state index in [1.807, 2.05) is 18.2 Å². The Balaban J connectivity index is 2.56. The molecule has 1 aliphatic rings. The Bertz CT molecular complexity index is 344. The van der Waals surface area contributed by atoms with Gasteiger partial charge in [-0.2, -0.15) is 0 Å². The van der Waals surface area contributed by atoms with Crippen LogP contribution in [0.2, 0.25) is 0 Å². The van der Waals surface area contributed by atoms with E-state index in [2.05, 4.69) is 23.9 Å². The van der Waals surface area contributed by atoms with Crippen molar-refractivity contribution >= 4 is 17.1 Å². The van der Waals surface area contributed by atoms with Crippen LogP contribution in [0.1, 0.15) is 18.9 Å². The van der Waals surface area contributed by atoms with Gasteiger partial charge >= 0.3 is 0 Å². The van der Waals surface area contributed by atoms with E-state index in [1.54, 1.807) is 0 Å². The van der Waals surface area contributed by atoms with Gasteiger partial charge in [-0.1, -0.05) is 25.1 Å². The predicted octanol–water partition coefficient (Wildman–Crippen LogP) is 2.79. The molecule has 0 fully saturated rings. The van der Waals surface area contributed by atoms with Gasteiger partial charge in [0, 0.05) is 11.1 Å². The second-order valence-electron chi connectivity index (χ2n) is 2.57. The largest absolute Gasteiger partial charge is 0.205 e. The fourth-order valence-corrected chi connectivity index (χ4v) is 1.28. The molecule has 0 saturated carbocycles. The molecule has 11 heavy (non-hydrogen) atoms. The molecule has 1 nitrogen and oxygen atoms in total. The smallest absolute Gasteiger partial charge is 0.0811 e. The Morgan fingerprint density at radius 2 is 2.18 bits per heavy atom. The third kappa shape index (κ3) is 0.903. The van der Waals surface area contributed by atoms with Gasteiger partial charge in [-0.15, -0.1) is 0 Å². The Morgan fingerprint density at radius 1 is 1.36 bits per heavy atom. The summed E-state index contributed by atoms with van der Waals surface area (Å²) >= 11 is 0. The third-order valence-electron chi connectivity index (χ3n) is 1.89. The Labute approximate surface area is 66.1 Å². The summed E-state index contributed by atoms with van der Waals surface area (Å²) in [5.41, 5.74) is 3.53. The molecule has 54 valence electrons. The first-order chi connectivity index (χ1) is 5.42. The standard InChI is InChI=1S/C10H9N/c1-2-8-7-11-10-6-4-3-5-9(8)10/h3-6H,2H2,1H3. The molecular weight excluding hydrogens is 134 g/mol. The second kappa shape index (κ2) is 2.37. The van der Waals surface area contributed by atoms with E-state index >= 15 is 0 Å². The summed E-state index contributed by atoms with van der Waals surface area (Å²) in [6.45, 7) is 2.12. The number of hydrogen-bond donors (Lipinski definition) is 0. The highest BCUT2D eigenvalue weighted by Gasteiger charge is 2.08. The average molecular weight is 143 g/mol. The SMILES string of the molecule is CCC1=C=Nc2ccccc21. The van der Waals surface area contributed by atoms with E-state index in [4.69, 9.17) is 0 Å². The maximum Gasteiger partial charge on any atom is 0.0811 e. The van der Waals surface area contributed by atoms with Crippen LogP contribution in [0, 0.1) is 0 Å². The van der Waals surface area contributed by atoms with Gasteiger partial charge in [-0.25, -0.2) is 4.99 Å². The number of nitrogens with zero attached hydrogens (tertiary/aromatic N) is 1. The van der Waals surface area contributed by atoms with Crippen LogP contribution < -0.4 is 0 Å². The summed E-state index contributed by atoms with van der Waals surface area (Å²) < 4.78 is 0. The molecule has 0 spiro atoms. The number of allylic oxidation sites excluding steroid dienone is 1. The fraction of sp³-hybridized carbons (Fsp3) is 0.200. The highest BCUT2D eigenvalue weighted by molar-refractivity contribution is 5.98. The van der Waals surface area contributed by atoms with E-state index in [1.165, 1.54) is 11.1 Å². The van der Waals surface area contributed by atoms with Crippen LogP contribution in [-0.4, -0.2) is 5.87 Å². The van der Waals surface area contributed by atoms with Crippen molar-refractivity contribution in [2.24, 2.45) is 4.99 Å². The molecule has 0 atom stereocenters. The zero-order valence-corrected chi connectivity index (χ0v) is 6.46. The maximum absolute atomic E-state index is 4.16. The Morgan fingerprint density at radius 3 is 3.00 bits per heavy atom. The highest BCUT2D eigenvalue weighted by atomic mass is 14.7. The Kier molecular flexibility index (Phi) is 1.38. The molecule has 0 bridgehead atoms. The first kappa shape index (κ1) is 6.38. The van der Waals surface area contributed by atoms with Crippen molar-refractivity contribution in [2.45, 2.75) is 13.3 Å². The second-order valence-corrected chi connectivity index (χ2v) is 2.57. The molecule has 2 rings (SSSR count). The minimum atomic E-state index is 1.01. The van der Waals surface area contributed by atoms with Gasteiger partial charge < -0.3 is 0 Å². The number of para-hydroxylation sites is 1. The van der Waals surface area contributed by atoms with Crippen LogP contribution in [0.5, 0.6) is 0 Å². The molecule has 0 saturated heterocycles. The molecule has 1 heteroatoms. The van der Waals surface area contributed by atoms with Gasteiger partial charge in [-0.05, 0) is 18.4 Å². The molecule has 0 N–H and O–H groups in total. The topological polar surface area (TPSA) is 12.4 Å². The molecule has 0 aliphatic carbocycles. The van der Waals surface area contributed by atoms with E-state index < -0.39 is 0 Å². The van der Waals surface area contributed by atoms with Crippen LogP contribution in [0.4, 0.5) is 5.69 Å². The molecule has 0 radical (unpaired) electrons. The van der Waals surface area contributed by atoms with Crippen LogP contribution in [0.25, 0.3) is 5.57 Å². The molecule has 1 aromatic carbocycles. The maximum atomic E-state index is 4.16. The molecular formula is C10H9N. The summed E-state index contributed by atoms with van der Waals surface area (Å²) in [6, 6.07) is 8.16. The lowest BCUT2D eigenvalue weighted by Gasteiger charge is -1.97. The summed E-state index contributed by atoms with van der Waals surface area (Å²) in [7, 11) is 0. The van der Waals surface area contributed by atoms with Gasteiger partial charge in [0.2, 0.25) is 0 Å². The normalized spacial score (nSPS) is 13.0. The Hall–Kier alpha value is -1.33. The number of fused-ring (bicyclic) bond motifs is 1. The summed E-state index contributed by atoms with van der Waals surface area (Å²) in [5, 5.41) is 0. The van der Waals surface area contributed by atoms with E-state index in [0.717, 1.165) is 12.1 Å². The molecule has 1 aromatic rings. The number of rotatable bonds is 1. The minimum absolute atomic E-state index is 1.01. The van der Waals surface area contributed by atoms with Gasteiger partial charge in [0.15, 0.2) is 0 Å². The summed E-state index contributed by atoms with van der Waals surface area (Å²) in [5.74, 6) is 3.01. The fourth-order valence-electron chi connectivity index (χ4n) is 1.28. The molecule has 0 aromatic heterocycles. The summed E-state index contributed by atoms with van der Waals surface area (Å²) in [6.07, 6.45) is 1.01. The number of benzene rings is 1. The monoisotopic (exact) mass is 143 g/mol. The van der Waals surface area contributed by atoms with Crippen molar-refractivity contribution in [1.29, 1.82) is 0 Å². The van der Waals surface area contributed by atoms with Crippen LogP contribution in [0.15, 0.2) is 29.3 Å². The lowest BCUT2D eigenvalue weighted by Crippen LogP contribution is -1.77. The van der Waals surface area contributed by atoms with E-state index in [9.17, 15) is 0 Å². The van der Waals surface area contributed by atoms with E-state index in [0.29, 0.717) is 0 Å². The van der Waals surface area contributed by atoms with Gasteiger partial charge in [0.05, 0.1) is 5.69 Å². The quantitative estimate of drug-likeness (QED) is 0.573. The average Bonchev–Trinajstić information content (AvgIpc) is 2.47. The molecule has 0 unspecified atom stereocenters. The predicted molar refractivity (Wildman–Crippen MR) is 47.2 cm³/mol. The first-order valence-electron chi connectivity index (χ1n) is 3.84. The minimum Gasteiger partial charge on any atom is -0.205 e. The summed E-state index contributed by atoms with van der Waals surface area (Å²) in [4.78, 5) is 4.16. The van der Waals surface area contributed by atoms with Gasteiger partial charge in [0.25, 0.3) is 0 Å². The zero-order valence-electron chi connectivity index (χ0n) is 6.46. The van der Waals surface area contributed by atoms with Crippen molar-refractivity contribution in [3.63, 3.8) is 0 Å². The van der Waals surface area contributed by atoms with Crippen LogP contribution in [-0.2, 0) is 0 Å². The third-order valence-corrected chi connectivity index (χ3v) is 1.89. The molecule has 1 aliphatic heterocycles. The molecule has 1 heterocycles. The van der Waals surface area contributed by atoms with Crippen molar-refractivity contribution in [1.82, 2.24) is 0 Å². The lowest BCUT2D eigenvalue weighted by molar-refractivity contribution is 1.26. The zero-order chi connectivity index (χ0) is 7.68. The van der Waals surface area contributed by atoms with Gasteiger partial charge in [-0.3, -0.25) is 0 Å². The van der Waals surface area contributed by atoms with Crippen molar-refractivity contribution in [2.75, 3.05) is 0 Å². The van der Waals surface area contributed by atoms with Crippen molar-refractivity contribution in [3.05, 3.63) is 29.8 Å². The van der Waals surface area contributed by atoms with Crippen LogP contribution >= 0.6 is 0 Å². The van der Waals surface area contributed by atoms with Crippen molar-refractivity contribution in [3.8, 4) is 0 Å². The molecule has 0 amide bonds. The van der Waals surface area contributed by atoms with Crippen LogP contribution in [0.3, 0.4) is 0 Å². The van der Waals surface area contributed by atoms with Crippen molar-refractivity contribution < 1.29 is 0 Å². The van der Waals surface area contributed by atoms with Gasteiger partial charge in [0.1, 0.15) is 0 Å².